The summed E-state index contributed by atoms with van der Waals surface area (Å²) in [6.07, 6.45) is 5.08. The first-order chi connectivity index (χ1) is 12.8. The van der Waals surface area contributed by atoms with E-state index in [4.69, 9.17) is 11.2 Å². The molecule has 7 heteroatoms. The molecule has 27 heavy (non-hydrogen) atoms. The van der Waals surface area contributed by atoms with Crippen molar-refractivity contribution in [3.63, 3.8) is 0 Å². The van der Waals surface area contributed by atoms with Crippen LogP contribution in [0, 0.1) is 19.3 Å². The van der Waals surface area contributed by atoms with Crippen LogP contribution < -0.4 is 9.46 Å². The molecule has 142 valence electrons. The third-order valence-electron chi connectivity index (χ3n) is 3.79. The number of nitrogens with one attached hydrogen (secondary N) is 1. The molecule has 0 aliphatic rings. The van der Waals surface area contributed by atoms with Gasteiger partial charge in [0.25, 0.3) is 5.91 Å². The Morgan fingerprint density at radius 1 is 1.22 bits per heavy atom. The van der Waals surface area contributed by atoms with Gasteiger partial charge in [-0.25, -0.2) is 8.42 Å². The summed E-state index contributed by atoms with van der Waals surface area (Å²) in [5, 5.41) is 0. The maximum absolute atomic E-state index is 12.6. The highest BCUT2D eigenvalue weighted by atomic mass is 32.2. The molecule has 0 aliphatic heterocycles. The highest BCUT2D eigenvalue weighted by Crippen LogP contribution is 2.14. The van der Waals surface area contributed by atoms with E-state index >= 15 is 0 Å². The third kappa shape index (κ3) is 5.84. The fourth-order valence-corrected chi connectivity index (χ4v) is 3.32. The minimum absolute atomic E-state index is 0.00647. The molecule has 0 fully saturated rings. The molecule has 2 aromatic carbocycles. The topological polar surface area (TPSA) is 75.7 Å². The molecular formula is C20H22N2O4S. The average Bonchev–Trinajstić information content (AvgIpc) is 2.66. The SMILES string of the molecule is C#CCNS(=O)(=O)c1cccc(C(=O)N(C)CCOc2cccc(C)c2)c1. The monoisotopic (exact) mass is 386 g/mol. The van der Waals surface area contributed by atoms with Crippen molar-refractivity contribution >= 4 is 15.9 Å². The largest absolute Gasteiger partial charge is 0.492 e. The second-order valence-corrected chi connectivity index (χ2v) is 7.72. The normalized spacial score (nSPS) is 10.9. The number of rotatable bonds is 8. The lowest BCUT2D eigenvalue weighted by Gasteiger charge is -2.18. The number of benzene rings is 2. The number of ether oxygens (including phenoxy) is 1. The van der Waals surface area contributed by atoms with Gasteiger partial charge in [0, 0.05) is 12.6 Å². The van der Waals surface area contributed by atoms with E-state index in [1.165, 1.54) is 23.1 Å². The molecule has 0 atom stereocenters. The Hall–Kier alpha value is -2.82. The summed E-state index contributed by atoms with van der Waals surface area (Å²) in [5.74, 6) is 2.65. The summed E-state index contributed by atoms with van der Waals surface area (Å²) in [7, 11) is -2.11. The molecule has 2 rings (SSSR count). The van der Waals surface area contributed by atoms with Crippen LogP contribution in [0.15, 0.2) is 53.4 Å². The molecule has 0 saturated carbocycles. The zero-order chi connectivity index (χ0) is 19.9. The van der Waals surface area contributed by atoms with Gasteiger partial charge in [-0.15, -0.1) is 6.42 Å². The predicted octanol–water partition coefficient (Wildman–Crippen LogP) is 2.06. The first-order valence-electron chi connectivity index (χ1n) is 8.31. The lowest BCUT2D eigenvalue weighted by molar-refractivity contribution is 0.0773. The van der Waals surface area contributed by atoms with Crippen LogP contribution >= 0.6 is 0 Å². The van der Waals surface area contributed by atoms with Crippen molar-refractivity contribution in [3.8, 4) is 18.1 Å². The minimum atomic E-state index is -3.75. The molecule has 1 N–H and O–H groups in total. The minimum Gasteiger partial charge on any atom is -0.492 e. The Labute approximate surface area is 160 Å². The van der Waals surface area contributed by atoms with Crippen LogP contribution in [-0.2, 0) is 10.0 Å². The van der Waals surface area contributed by atoms with E-state index in [0.717, 1.165) is 11.3 Å². The first-order valence-corrected chi connectivity index (χ1v) is 9.80. The molecular weight excluding hydrogens is 364 g/mol. The van der Waals surface area contributed by atoms with E-state index < -0.39 is 10.0 Å². The Balaban J connectivity index is 2.00. The van der Waals surface area contributed by atoms with Gasteiger partial charge in [0.2, 0.25) is 10.0 Å². The molecule has 0 radical (unpaired) electrons. The van der Waals surface area contributed by atoms with Crippen molar-refractivity contribution in [1.29, 1.82) is 0 Å². The van der Waals surface area contributed by atoms with E-state index in [-0.39, 0.29) is 22.9 Å². The molecule has 1 amide bonds. The van der Waals surface area contributed by atoms with Gasteiger partial charge in [-0.3, -0.25) is 4.79 Å². The van der Waals surface area contributed by atoms with Gasteiger partial charge < -0.3 is 9.64 Å². The maximum atomic E-state index is 12.6. The molecule has 0 bridgehead atoms. The average molecular weight is 386 g/mol. The van der Waals surface area contributed by atoms with Gasteiger partial charge in [-0.05, 0) is 42.8 Å². The number of carbonyl (C=O) groups is 1. The van der Waals surface area contributed by atoms with Crippen molar-refractivity contribution in [3.05, 3.63) is 59.7 Å². The molecule has 0 unspecified atom stereocenters. The number of nitrogens with zero attached hydrogens (tertiary/aromatic N) is 1. The van der Waals surface area contributed by atoms with E-state index in [1.54, 1.807) is 13.1 Å². The van der Waals surface area contributed by atoms with E-state index in [9.17, 15) is 13.2 Å². The number of terminal acetylenes is 1. The van der Waals surface area contributed by atoms with Gasteiger partial charge >= 0.3 is 0 Å². The van der Waals surface area contributed by atoms with E-state index in [1.807, 2.05) is 31.2 Å². The number of hydrogen-bond donors (Lipinski definition) is 1. The van der Waals surface area contributed by atoms with Crippen LogP contribution in [0.4, 0.5) is 0 Å². The van der Waals surface area contributed by atoms with Gasteiger partial charge in [0.15, 0.2) is 0 Å². The molecule has 0 aliphatic carbocycles. The van der Waals surface area contributed by atoms with Crippen molar-refractivity contribution in [2.45, 2.75) is 11.8 Å². The highest BCUT2D eigenvalue weighted by Gasteiger charge is 2.17. The summed E-state index contributed by atoms with van der Waals surface area (Å²) in [5.41, 5.74) is 1.37. The number of likely N-dealkylation sites (N-methyl/N-ethyl adjacent to an activating group) is 1. The van der Waals surface area contributed by atoms with Crippen LogP contribution in [-0.4, -0.2) is 46.0 Å². The van der Waals surface area contributed by atoms with Gasteiger partial charge in [-0.2, -0.15) is 4.72 Å². The Morgan fingerprint density at radius 2 is 1.96 bits per heavy atom. The second-order valence-electron chi connectivity index (χ2n) is 5.95. The van der Waals surface area contributed by atoms with Crippen molar-refractivity contribution in [2.24, 2.45) is 0 Å². The Kier molecular flexibility index (Phi) is 6.99. The lowest BCUT2D eigenvalue weighted by Crippen LogP contribution is -2.31. The molecule has 0 aromatic heterocycles. The molecule has 2 aromatic rings. The number of amides is 1. The summed E-state index contributed by atoms with van der Waals surface area (Å²) >= 11 is 0. The fraction of sp³-hybridized carbons (Fsp3) is 0.250. The summed E-state index contributed by atoms with van der Waals surface area (Å²) in [6, 6.07) is 13.5. The summed E-state index contributed by atoms with van der Waals surface area (Å²) < 4.78 is 32.2. The summed E-state index contributed by atoms with van der Waals surface area (Å²) in [4.78, 5) is 14.0. The van der Waals surface area contributed by atoms with Gasteiger partial charge in [0.05, 0.1) is 18.0 Å². The smallest absolute Gasteiger partial charge is 0.253 e. The zero-order valence-electron chi connectivity index (χ0n) is 15.3. The van der Waals surface area contributed by atoms with Gasteiger partial charge in [-0.1, -0.05) is 24.1 Å². The number of sulfonamides is 1. The Bertz CT molecular complexity index is 948. The lowest BCUT2D eigenvalue weighted by atomic mass is 10.2. The van der Waals surface area contributed by atoms with Crippen LogP contribution in [0.3, 0.4) is 0 Å². The first kappa shape index (κ1) is 20.5. The summed E-state index contributed by atoms with van der Waals surface area (Å²) in [6.45, 7) is 2.55. The van der Waals surface area contributed by atoms with Crippen LogP contribution in [0.25, 0.3) is 0 Å². The number of carbonyl (C=O) groups excluding carboxylic acids is 1. The fourth-order valence-electron chi connectivity index (χ4n) is 2.34. The number of hydrogen-bond acceptors (Lipinski definition) is 4. The van der Waals surface area contributed by atoms with E-state index in [2.05, 4.69) is 10.6 Å². The molecule has 6 nitrogen and oxygen atoms in total. The predicted molar refractivity (Wildman–Crippen MR) is 104 cm³/mol. The van der Waals surface area contributed by atoms with Crippen molar-refractivity contribution in [1.82, 2.24) is 9.62 Å². The highest BCUT2D eigenvalue weighted by molar-refractivity contribution is 7.89. The van der Waals surface area contributed by atoms with Crippen LogP contribution in [0.2, 0.25) is 0 Å². The van der Waals surface area contributed by atoms with Crippen molar-refractivity contribution < 1.29 is 17.9 Å². The standard InChI is InChI=1S/C20H22N2O4S/c1-4-11-21-27(24,25)19-10-6-8-17(15-19)20(23)22(3)12-13-26-18-9-5-7-16(2)14-18/h1,5-10,14-15,21H,11-13H2,2-3H3. The third-order valence-corrected chi connectivity index (χ3v) is 5.19. The maximum Gasteiger partial charge on any atom is 0.253 e. The van der Waals surface area contributed by atoms with Crippen LogP contribution in [0.1, 0.15) is 15.9 Å². The van der Waals surface area contributed by atoms with Crippen molar-refractivity contribution in [2.75, 3.05) is 26.7 Å². The number of aryl methyl sites for hydroxylation is 1. The second kappa shape index (κ2) is 9.21. The zero-order valence-corrected chi connectivity index (χ0v) is 16.1. The molecule has 0 saturated heterocycles. The molecule has 0 spiro atoms. The molecule has 0 heterocycles. The van der Waals surface area contributed by atoms with E-state index in [0.29, 0.717) is 13.2 Å². The Morgan fingerprint density at radius 3 is 2.67 bits per heavy atom. The van der Waals surface area contributed by atoms with Crippen LogP contribution in [0.5, 0.6) is 5.75 Å². The quantitative estimate of drug-likeness (QED) is 0.705. The van der Waals surface area contributed by atoms with Gasteiger partial charge in [0.1, 0.15) is 12.4 Å².